The van der Waals surface area contributed by atoms with E-state index < -0.39 is 23.9 Å². The number of alkyl halides is 3. The highest BCUT2D eigenvalue weighted by molar-refractivity contribution is 6.07. The number of para-hydroxylation sites is 1. The van der Waals surface area contributed by atoms with Crippen LogP contribution in [-0.4, -0.2) is 64.6 Å². The molecule has 4 heterocycles. The molecule has 2 aromatic carbocycles. The molecule has 3 aromatic rings. The molecule has 1 aliphatic carbocycles. The molecule has 47 heavy (non-hydrogen) atoms. The minimum atomic E-state index is -4.57. The first-order chi connectivity index (χ1) is 22.6. The van der Waals surface area contributed by atoms with Crippen LogP contribution in [0, 0.1) is 5.41 Å². The Kier molecular flexibility index (Phi) is 8.37. The maximum atomic E-state index is 14.8. The van der Waals surface area contributed by atoms with Crippen LogP contribution in [0.25, 0.3) is 5.57 Å². The largest absolute Gasteiger partial charge is 0.398 e. The number of hydrogen-bond acceptors (Lipinski definition) is 3. The molecule has 1 unspecified atom stereocenters. The molecule has 0 saturated carbocycles. The summed E-state index contributed by atoms with van der Waals surface area (Å²) in [7, 11) is 0. The van der Waals surface area contributed by atoms with Crippen LogP contribution in [0.3, 0.4) is 0 Å². The fourth-order valence-corrected chi connectivity index (χ4v) is 7.92. The lowest BCUT2D eigenvalue weighted by molar-refractivity contribution is -0.195. The van der Waals surface area contributed by atoms with Crippen molar-refractivity contribution in [3.63, 3.8) is 0 Å². The number of carbonyl (C=O) groups is 2. The standard InChI is InChI=1S/C38H41F3N4O2/c1-37(38(39,40)41)24-28(14-16-32(37)27-10-4-2-5-11-27)35(46)45-26-31-15-17-34(44(31)25-29-12-6-7-13-33(29)45)36(47)43-22-18-30(19-23-43)42-20-8-3-9-21-42/h2,4-7,10-17,30H,3,8-9,18-26H2,1H3. The number of likely N-dealkylation sites (tertiary alicyclic amines) is 2. The van der Waals surface area contributed by atoms with E-state index in [1.54, 1.807) is 41.3 Å². The number of benzene rings is 2. The lowest BCUT2D eigenvalue weighted by Crippen LogP contribution is -2.48. The minimum Gasteiger partial charge on any atom is -0.337 e. The van der Waals surface area contributed by atoms with Gasteiger partial charge in [-0.2, -0.15) is 13.2 Å². The summed E-state index contributed by atoms with van der Waals surface area (Å²) in [4.78, 5) is 34.3. The molecule has 246 valence electrons. The number of fused-ring (bicyclic) bond motifs is 2. The van der Waals surface area contributed by atoms with Crippen molar-refractivity contribution in [1.29, 1.82) is 0 Å². The molecule has 2 fully saturated rings. The van der Waals surface area contributed by atoms with Gasteiger partial charge in [-0.15, -0.1) is 0 Å². The van der Waals surface area contributed by atoms with Gasteiger partial charge in [0.2, 0.25) is 0 Å². The zero-order chi connectivity index (χ0) is 32.8. The van der Waals surface area contributed by atoms with Crippen molar-refractivity contribution in [2.75, 3.05) is 31.1 Å². The van der Waals surface area contributed by atoms with Crippen LogP contribution in [0.4, 0.5) is 18.9 Å². The highest BCUT2D eigenvalue weighted by Crippen LogP contribution is 2.54. The van der Waals surface area contributed by atoms with E-state index in [2.05, 4.69) is 4.90 Å². The Bertz CT molecular complexity index is 1710. The second kappa shape index (κ2) is 12.5. The predicted octanol–water partition coefficient (Wildman–Crippen LogP) is 7.46. The number of allylic oxidation sites excluding steroid dienone is 3. The quantitative estimate of drug-likeness (QED) is 0.297. The maximum Gasteiger partial charge on any atom is 0.398 e. The average Bonchev–Trinajstić information content (AvgIpc) is 3.40. The lowest BCUT2D eigenvalue weighted by Gasteiger charge is -2.40. The fraction of sp³-hybridized carbons (Fsp3) is 0.421. The number of carbonyl (C=O) groups excluding carboxylic acids is 2. The fourth-order valence-electron chi connectivity index (χ4n) is 7.92. The van der Waals surface area contributed by atoms with Gasteiger partial charge in [0.05, 0.1) is 18.5 Å². The smallest absolute Gasteiger partial charge is 0.337 e. The topological polar surface area (TPSA) is 48.8 Å². The summed E-state index contributed by atoms with van der Waals surface area (Å²) in [6, 6.07) is 20.3. The number of aromatic nitrogens is 1. The van der Waals surface area contributed by atoms with Gasteiger partial charge in [-0.25, -0.2) is 0 Å². The van der Waals surface area contributed by atoms with Gasteiger partial charge in [-0.1, -0.05) is 67.1 Å². The van der Waals surface area contributed by atoms with Gasteiger partial charge in [0.1, 0.15) is 5.69 Å². The summed E-state index contributed by atoms with van der Waals surface area (Å²) < 4.78 is 46.2. The number of hydrogen-bond donors (Lipinski definition) is 0. The first-order valence-corrected chi connectivity index (χ1v) is 16.8. The van der Waals surface area contributed by atoms with E-state index in [-0.39, 0.29) is 23.6 Å². The SMILES string of the molecule is CC1(C(F)(F)F)CC(C(=O)N2Cc3ccc(C(=O)N4CCC(N5CCCCC5)CC4)n3Cc3ccccc32)=CC=C1c1ccccc1. The molecule has 0 radical (unpaired) electrons. The number of halogens is 3. The van der Waals surface area contributed by atoms with Crippen molar-refractivity contribution >= 4 is 23.1 Å². The van der Waals surface area contributed by atoms with Gasteiger partial charge in [0.25, 0.3) is 11.8 Å². The third kappa shape index (κ3) is 5.83. The molecular formula is C38H41F3N4O2. The Hall–Kier alpha value is -4.11. The summed E-state index contributed by atoms with van der Waals surface area (Å²) >= 11 is 0. The highest BCUT2D eigenvalue weighted by atomic mass is 19.4. The third-order valence-electron chi connectivity index (χ3n) is 10.7. The number of amides is 2. The van der Waals surface area contributed by atoms with Gasteiger partial charge in [-0.3, -0.25) is 9.59 Å². The van der Waals surface area contributed by atoms with E-state index in [1.165, 1.54) is 32.3 Å². The molecule has 1 atom stereocenters. The minimum absolute atomic E-state index is 0.0138. The van der Waals surface area contributed by atoms with Crippen LogP contribution in [0.5, 0.6) is 0 Å². The Morgan fingerprint density at radius 2 is 1.49 bits per heavy atom. The number of rotatable bonds is 4. The molecule has 9 heteroatoms. The van der Waals surface area contributed by atoms with Crippen molar-refractivity contribution in [3.8, 4) is 0 Å². The predicted molar refractivity (Wildman–Crippen MR) is 177 cm³/mol. The zero-order valence-corrected chi connectivity index (χ0v) is 26.8. The summed E-state index contributed by atoms with van der Waals surface area (Å²) in [6.45, 7) is 5.45. The van der Waals surface area contributed by atoms with Gasteiger partial charge in [-0.05, 0) is 87.0 Å². The second-order valence-electron chi connectivity index (χ2n) is 13.6. The molecule has 6 nitrogen and oxygen atoms in total. The second-order valence-corrected chi connectivity index (χ2v) is 13.6. The van der Waals surface area contributed by atoms with Gasteiger partial charge >= 0.3 is 6.18 Å². The first-order valence-electron chi connectivity index (χ1n) is 16.8. The normalized spacial score (nSPS) is 22.6. The molecule has 0 bridgehead atoms. The third-order valence-corrected chi connectivity index (χ3v) is 10.7. The van der Waals surface area contributed by atoms with Crippen molar-refractivity contribution in [2.24, 2.45) is 5.41 Å². The van der Waals surface area contributed by atoms with E-state index in [4.69, 9.17) is 0 Å². The van der Waals surface area contributed by atoms with Crippen LogP contribution in [0.1, 0.15) is 72.8 Å². The van der Waals surface area contributed by atoms with Crippen LogP contribution in [0.15, 0.2) is 84.5 Å². The molecule has 2 amide bonds. The molecule has 4 aliphatic rings. The Morgan fingerprint density at radius 3 is 2.21 bits per heavy atom. The maximum absolute atomic E-state index is 14.8. The highest BCUT2D eigenvalue weighted by Gasteiger charge is 2.55. The van der Waals surface area contributed by atoms with Crippen LogP contribution < -0.4 is 4.90 Å². The van der Waals surface area contributed by atoms with Gasteiger partial charge in [0, 0.05) is 36.1 Å². The molecule has 1 aromatic heterocycles. The van der Waals surface area contributed by atoms with Crippen molar-refractivity contribution in [2.45, 2.75) is 70.8 Å². The summed E-state index contributed by atoms with van der Waals surface area (Å²) in [5.74, 6) is -0.473. The van der Waals surface area contributed by atoms with Crippen LogP contribution in [-0.2, 0) is 17.9 Å². The monoisotopic (exact) mass is 642 g/mol. The molecule has 0 N–H and O–H groups in total. The van der Waals surface area contributed by atoms with E-state index >= 15 is 0 Å². The lowest BCUT2D eigenvalue weighted by atomic mass is 9.70. The van der Waals surface area contributed by atoms with Crippen molar-refractivity contribution < 1.29 is 22.8 Å². The van der Waals surface area contributed by atoms with Crippen molar-refractivity contribution in [1.82, 2.24) is 14.4 Å². The van der Waals surface area contributed by atoms with Crippen LogP contribution in [0.2, 0.25) is 0 Å². The molecule has 7 rings (SSSR count). The van der Waals surface area contributed by atoms with Gasteiger partial charge < -0.3 is 19.3 Å². The van der Waals surface area contributed by atoms with E-state index in [1.807, 2.05) is 45.9 Å². The Balaban J connectivity index is 1.16. The Labute approximate surface area is 274 Å². The summed E-state index contributed by atoms with van der Waals surface area (Å²) in [5.41, 5.74) is 1.34. The molecule has 3 aliphatic heterocycles. The molecule has 2 saturated heterocycles. The average molecular weight is 643 g/mol. The molecule has 0 spiro atoms. The Morgan fingerprint density at radius 1 is 0.787 bits per heavy atom. The van der Waals surface area contributed by atoms with Gasteiger partial charge in [0.15, 0.2) is 0 Å². The van der Waals surface area contributed by atoms with E-state index in [0.29, 0.717) is 42.6 Å². The number of nitrogens with zero attached hydrogens (tertiary/aromatic N) is 4. The number of anilines is 1. The zero-order valence-electron chi connectivity index (χ0n) is 26.8. The first kappa shape index (κ1) is 31.5. The number of piperidine rings is 2. The van der Waals surface area contributed by atoms with E-state index in [0.717, 1.165) is 37.2 Å². The van der Waals surface area contributed by atoms with Crippen LogP contribution >= 0.6 is 0 Å². The van der Waals surface area contributed by atoms with E-state index in [9.17, 15) is 22.8 Å². The summed E-state index contributed by atoms with van der Waals surface area (Å²) in [6.07, 6.45) is 3.71. The van der Waals surface area contributed by atoms with Crippen molar-refractivity contribution in [3.05, 3.63) is 107 Å². The molecular weight excluding hydrogens is 601 g/mol. The summed E-state index contributed by atoms with van der Waals surface area (Å²) in [5, 5.41) is 0.